The summed E-state index contributed by atoms with van der Waals surface area (Å²) >= 11 is 0. The van der Waals surface area contributed by atoms with Crippen molar-refractivity contribution < 1.29 is 14.2 Å². The lowest BCUT2D eigenvalue weighted by atomic mass is 9.98. The first-order chi connectivity index (χ1) is 8.48. The van der Waals surface area contributed by atoms with Gasteiger partial charge in [0.2, 0.25) is 0 Å². The topological polar surface area (TPSA) is 43.0 Å². The van der Waals surface area contributed by atoms with E-state index in [9.17, 15) is 0 Å². The zero-order valence-corrected chi connectivity index (χ0v) is 12.5. The van der Waals surface area contributed by atoms with Gasteiger partial charge in [-0.3, -0.25) is 4.90 Å². The minimum absolute atomic E-state index is 0.165. The Morgan fingerprint density at radius 1 is 1.17 bits per heavy atom. The van der Waals surface area contributed by atoms with Crippen molar-refractivity contribution in [2.45, 2.75) is 37.7 Å². The number of likely N-dealkylation sites (N-methyl/N-ethyl adjacent to an activating group) is 1. The molecule has 0 amide bonds. The Balaban J connectivity index is 2.57. The summed E-state index contributed by atoms with van der Waals surface area (Å²) in [5, 5.41) is 3.34. The summed E-state index contributed by atoms with van der Waals surface area (Å²) in [6.45, 7) is 6.95. The van der Waals surface area contributed by atoms with Gasteiger partial charge < -0.3 is 19.5 Å². The van der Waals surface area contributed by atoms with Crippen LogP contribution in [0.25, 0.3) is 0 Å². The molecule has 0 aromatic heterocycles. The Labute approximate surface area is 111 Å². The van der Waals surface area contributed by atoms with Crippen LogP contribution < -0.4 is 5.32 Å². The van der Waals surface area contributed by atoms with E-state index in [1.807, 2.05) is 7.05 Å². The molecule has 108 valence electrons. The van der Waals surface area contributed by atoms with E-state index in [0.717, 1.165) is 19.6 Å². The van der Waals surface area contributed by atoms with Crippen LogP contribution >= 0.6 is 0 Å². The van der Waals surface area contributed by atoms with Crippen molar-refractivity contribution in [3.63, 3.8) is 0 Å². The second kappa shape index (κ2) is 6.82. The molecule has 1 heterocycles. The average Bonchev–Trinajstić information content (AvgIpc) is 2.77. The molecule has 1 aliphatic heterocycles. The predicted molar refractivity (Wildman–Crippen MR) is 72.0 cm³/mol. The van der Waals surface area contributed by atoms with E-state index in [4.69, 9.17) is 14.2 Å². The minimum Gasteiger partial charge on any atom is -0.377 e. The van der Waals surface area contributed by atoms with Gasteiger partial charge in [0.15, 0.2) is 0 Å². The molecule has 0 spiro atoms. The summed E-state index contributed by atoms with van der Waals surface area (Å²) < 4.78 is 16.5. The molecule has 0 radical (unpaired) electrons. The van der Waals surface area contributed by atoms with Gasteiger partial charge in [-0.2, -0.15) is 0 Å². The summed E-state index contributed by atoms with van der Waals surface area (Å²) in [6, 6.07) is 0.274. The van der Waals surface area contributed by atoms with E-state index in [2.05, 4.69) is 24.1 Å². The highest BCUT2D eigenvalue weighted by Gasteiger charge is 2.36. The number of hydrogen-bond donors (Lipinski definition) is 1. The van der Waals surface area contributed by atoms with Crippen LogP contribution in [0.1, 0.15) is 13.8 Å². The second-order valence-electron chi connectivity index (χ2n) is 5.42. The highest BCUT2D eigenvalue weighted by molar-refractivity contribution is 4.92. The van der Waals surface area contributed by atoms with Crippen LogP contribution in [0.15, 0.2) is 0 Å². The van der Waals surface area contributed by atoms with Crippen LogP contribution in [0.2, 0.25) is 0 Å². The standard InChI is InChI=1S/C13H28N2O3/c1-13(2,18-6)12(14-3)9-15-7-10(16-4)11(8-15)17-5/h10-12,14H,7-9H2,1-6H3. The lowest BCUT2D eigenvalue weighted by molar-refractivity contribution is -0.0172. The van der Waals surface area contributed by atoms with E-state index >= 15 is 0 Å². The molecule has 1 fully saturated rings. The van der Waals surface area contributed by atoms with Gasteiger partial charge in [0.05, 0.1) is 17.8 Å². The molecule has 0 aliphatic carbocycles. The van der Waals surface area contributed by atoms with E-state index in [0.29, 0.717) is 0 Å². The Kier molecular flexibility index (Phi) is 6.01. The molecule has 1 rings (SSSR count). The van der Waals surface area contributed by atoms with Crippen LogP contribution in [0.5, 0.6) is 0 Å². The maximum Gasteiger partial charge on any atom is 0.0971 e. The molecule has 5 heteroatoms. The van der Waals surface area contributed by atoms with Gasteiger partial charge in [0.1, 0.15) is 0 Å². The lowest BCUT2D eigenvalue weighted by Crippen LogP contribution is -2.53. The van der Waals surface area contributed by atoms with Crippen LogP contribution in [0.4, 0.5) is 0 Å². The predicted octanol–water partition coefficient (Wildman–Crippen LogP) is 0.345. The van der Waals surface area contributed by atoms with Crippen LogP contribution in [-0.4, -0.2) is 76.8 Å². The summed E-state index contributed by atoms with van der Waals surface area (Å²) in [5.74, 6) is 0. The van der Waals surface area contributed by atoms with E-state index in [1.54, 1.807) is 21.3 Å². The van der Waals surface area contributed by atoms with Crippen molar-refractivity contribution >= 4 is 0 Å². The molecule has 1 N–H and O–H groups in total. The van der Waals surface area contributed by atoms with Crippen molar-refractivity contribution in [3.05, 3.63) is 0 Å². The van der Waals surface area contributed by atoms with E-state index in [1.165, 1.54) is 0 Å². The molecule has 5 nitrogen and oxygen atoms in total. The van der Waals surface area contributed by atoms with Gasteiger partial charge in [0.25, 0.3) is 0 Å². The molecular weight excluding hydrogens is 232 g/mol. The quantitative estimate of drug-likeness (QED) is 0.715. The van der Waals surface area contributed by atoms with Crippen molar-refractivity contribution in [1.29, 1.82) is 0 Å². The highest BCUT2D eigenvalue weighted by atomic mass is 16.5. The fraction of sp³-hybridized carbons (Fsp3) is 1.00. The third-order valence-electron chi connectivity index (χ3n) is 4.05. The lowest BCUT2D eigenvalue weighted by Gasteiger charge is -2.35. The van der Waals surface area contributed by atoms with Crippen LogP contribution in [-0.2, 0) is 14.2 Å². The van der Waals surface area contributed by atoms with E-state index in [-0.39, 0.29) is 23.9 Å². The van der Waals surface area contributed by atoms with Crippen molar-refractivity contribution in [2.75, 3.05) is 48.0 Å². The molecule has 18 heavy (non-hydrogen) atoms. The number of nitrogens with zero attached hydrogens (tertiary/aromatic N) is 1. The first kappa shape index (κ1) is 15.9. The fourth-order valence-corrected chi connectivity index (χ4v) is 2.48. The Morgan fingerprint density at radius 3 is 2.00 bits per heavy atom. The zero-order chi connectivity index (χ0) is 13.8. The summed E-state index contributed by atoms with van der Waals surface area (Å²) in [6.07, 6.45) is 0.330. The van der Waals surface area contributed by atoms with Crippen molar-refractivity contribution in [1.82, 2.24) is 10.2 Å². The van der Waals surface area contributed by atoms with Crippen molar-refractivity contribution in [3.8, 4) is 0 Å². The number of likely N-dealkylation sites (tertiary alicyclic amines) is 1. The average molecular weight is 260 g/mol. The monoisotopic (exact) mass is 260 g/mol. The zero-order valence-electron chi connectivity index (χ0n) is 12.5. The third kappa shape index (κ3) is 3.65. The summed E-state index contributed by atoms with van der Waals surface area (Å²) in [5.41, 5.74) is -0.192. The van der Waals surface area contributed by atoms with Crippen LogP contribution in [0.3, 0.4) is 0 Å². The molecule has 3 unspecified atom stereocenters. The molecule has 1 saturated heterocycles. The highest BCUT2D eigenvalue weighted by Crippen LogP contribution is 2.20. The molecule has 0 bridgehead atoms. The first-order valence-corrected chi connectivity index (χ1v) is 6.48. The number of nitrogens with one attached hydrogen (secondary N) is 1. The van der Waals surface area contributed by atoms with Gasteiger partial charge in [-0.05, 0) is 20.9 Å². The number of methoxy groups -OCH3 is 3. The Hall–Kier alpha value is -0.200. The third-order valence-corrected chi connectivity index (χ3v) is 4.05. The van der Waals surface area contributed by atoms with E-state index < -0.39 is 0 Å². The minimum atomic E-state index is -0.192. The molecule has 0 aromatic rings. The molecule has 0 aromatic carbocycles. The van der Waals surface area contributed by atoms with Gasteiger partial charge in [0, 0.05) is 47.0 Å². The largest absolute Gasteiger partial charge is 0.377 e. The van der Waals surface area contributed by atoms with Gasteiger partial charge in [-0.15, -0.1) is 0 Å². The second-order valence-corrected chi connectivity index (χ2v) is 5.42. The number of rotatable bonds is 7. The van der Waals surface area contributed by atoms with Gasteiger partial charge >= 0.3 is 0 Å². The maximum absolute atomic E-state index is 5.56. The maximum atomic E-state index is 5.56. The van der Waals surface area contributed by atoms with Crippen molar-refractivity contribution in [2.24, 2.45) is 0 Å². The summed E-state index contributed by atoms with van der Waals surface area (Å²) in [7, 11) is 7.22. The molecule has 1 aliphatic rings. The molecule has 3 atom stereocenters. The Bertz CT molecular complexity index is 236. The fourth-order valence-electron chi connectivity index (χ4n) is 2.48. The molecular formula is C13H28N2O3. The normalized spacial score (nSPS) is 27.7. The van der Waals surface area contributed by atoms with Gasteiger partial charge in [-0.25, -0.2) is 0 Å². The summed E-state index contributed by atoms with van der Waals surface area (Å²) in [4.78, 5) is 2.37. The van der Waals surface area contributed by atoms with Gasteiger partial charge in [-0.1, -0.05) is 0 Å². The first-order valence-electron chi connectivity index (χ1n) is 6.48. The smallest absolute Gasteiger partial charge is 0.0971 e. The Morgan fingerprint density at radius 2 is 1.67 bits per heavy atom. The number of hydrogen-bond acceptors (Lipinski definition) is 5. The molecule has 0 saturated carbocycles. The number of ether oxygens (including phenoxy) is 3. The SMILES string of the molecule is CNC(CN1CC(OC)C(OC)C1)C(C)(C)OC. The van der Waals surface area contributed by atoms with Crippen LogP contribution in [0, 0.1) is 0 Å².